The Morgan fingerprint density at radius 1 is 1.70 bits per heavy atom. The summed E-state index contributed by atoms with van der Waals surface area (Å²) in [5, 5.41) is 0. The fourth-order valence-electron chi connectivity index (χ4n) is 0.224. The fourth-order valence-corrected chi connectivity index (χ4v) is 0.224. The maximum Gasteiger partial charge on any atom is 0.448 e. The van der Waals surface area contributed by atoms with Crippen LogP contribution in [-0.2, 0) is 4.74 Å². The molecule has 0 saturated carbocycles. The van der Waals surface area contributed by atoms with E-state index in [1.165, 1.54) is 0 Å². The molecule has 0 atom stereocenters. The first-order valence-electron chi connectivity index (χ1n) is 3.36. The lowest BCUT2D eigenvalue weighted by molar-refractivity contribution is -0.128. The van der Waals surface area contributed by atoms with Crippen LogP contribution < -0.4 is 0 Å². The predicted octanol–water partition coefficient (Wildman–Crippen LogP) is 2.27. The van der Waals surface area contributed by atoms with Crippen LogP contribution in [0.5, 0.6) is 0 Å². The number of ether oxygens (including phenoxy) is 1. The molecular weight excluding hydrogens is 145 g/mol. The average molecular weight is 154 g/mol. The van der Waals surface area contributed by atoms with Crippen LogP contribution in [0.15, 0.2) is 24.9 Å². The molecular formula is C6H7F3O. The van der Waals surface area contributed by atoms with E-state index in [2.05, 4.69) is 11.3 Å². The van der Waals surface area contributed by atoms with Crippen molar-refractivity contribution in [2.24, 2.45) is 0 Å². The first-order chi connectivity index (χ1) is 5.34. The zero-order chi connectivity index (χ0) is 9.78. The van der Waals surface area contributed by atoms with Gasteiger partial charge in [-0.3, -0.25) is 0 Å². The largest absolute Gasteiger partial charge is 0.485 e. The molecule has 0 spiro atoms. The van der Waals surface area contributed by atoms with E-state index in [0.717, 1.165) is 6.08 Å². The lowest BCUT2D eigenvalue weighted by atomic mass is 10.5. The molecule has 0 amide bonds. The third kappa shape index (κ3) is 3.17. The molecule has 4 heteroatoms. The van der Waals surface area contributed by atoms with Crippen LogP contribution in [-0.4, -0.2) is 12.8 Å². The highest BCUT2D eigenvalue weighted by Crippen LogP contribution is 2.24. The summed E-state index contributed by atoms with van der Waals surface area (Å²) >= 11 is 0. The van der Waals surface area contributed by atoms with Crippen molar-refractivity contribution in [2.45, 2.75) is 6.18 Å². The number of alkyl halides is 3. The van der Waals surface area contributed by atoms with Crippen LogP contribution in [0, 0.1) is 0 Å². The van der Waals surface area contributed by atoms with Gasteiger partial charge in [0.05, 0.1) is 2.74 Å². The van der Waals surface area contributed by atoms with E-state index in [0.29, 0.717) is 0 Å². The van der Waals surface area contributed by atoms with Gasteiger partial charge in [0.15, 0.2) is 5.76 Å². The molecule has 0 aromatic rings. The quantitative estimate of drug-likeness (QED) is 0.447. The van der Waals surface area contributed by atoms with Gasteiger partial charge in [0, 0.05) is 0 Å². The van der Waals surface area contributed by atoms with Gasteiger partial charge in [0.1, 0.15) is 6.61 Å². The Morgan fingerprint density at radius 3 is 2.70 bits per heavy atom. The van der Waals surface area contributed by atoms with Crippen molar-refractivity contribution >= 4 is 0 Å². The molecule has 0 unspecified atom stereocenters. The third-order valence-electron chi connectivity index (χ3n) is 0.657. The van der Waals surface area contributed by atoms with Gasteiger partial charge in [-0.05, 0) is 0 Å². The summed E-state index contributed by atoms with van der Waals surface area (Å²) in [5.74, 6) is -1.32. The van der Waals surface area contributed by atoms with Crippen molar-refractivity contribution in [3.63, 3.8) is 0 Å². The maximum absolute atomic E-state index is 11.6. The predicted molar refractivity (Wildman–Crippen MR) is 31.3 cm³/mol. The van der Waals surface area contributed by atoms with Crippen molar-refractivity contribution in [3.8, 4) is 0 Å². The molecule has 0 aliphatic heterocycles. The molecule has 0 aromatic heterocycles. The smallest absolute Gasteiger partial charge is 0.448 e. The van der Waals surface area contributed by atoms with E-state index >= 15 is 0 Å². The second-order valence-electron chi connectivity index (χ2n) is 1.44. The van der Waals surface area contributed by atoms with Crippen LogP contribution in [0.2, 0.25) is 0 Å². The van der Waals surface area contributed by atoms with Gasteiger partial charge in [-0.1, -0.05) is 19.2 Å². The molecule has 1 nitrogen and oxygen atoms in total. The summed E-state index contributed by atoms with van der Waals surface area (Å²) in [5.41, 5.74) is 0. The zero-order valence-electron chi connectivity index (χ0n) is 7.03. The minimum absolute atomic E-state index is 0.458. The number of allylic oxidation sites excluding steroid dienone is 1. The van der Waals surface area contributed by atoms with E-state index in [4.69, 9.17) is 2.74 Å². The summed E-state index contributed by atoms with van der Waals surface area (Å²) in [7, 11) is 0. The Kier molecular flexibility index (Phi) is 1.92. The van der Waals surface area contributed by atoms with E-state index in [-0.39, 0.29) is 0 Å². The van der Waals surface area contributed by atoms with Gasteiger partial charge in [-0.25, -0.2) is 0 Å². The van der Waals surface area contributed by atoms with Crippen LogP contribution in [0.3, 0.4) is 0 Å². The highest BCUT2D eigenvalue weighted by atomic mass is 19.4. The highest BCUT2D eigenvalue weighted by Gasteiger charge is 2.33. The van der Waals surface area contributed by atoms with Gasteiger partial charge < -0.3 is 4.74 Å². The molecule has 0 aliphatic carbocycles. The van der Waals surface area contributed by atoms with Crippen LogP contribution in [0.4, 0.5) is 13.2 Å². The van der Waals surface area contributed by atoms with Crippen LogP contribution in [0.25, 0.3) is 0 Å². The van der Waals surface area contributed by atoms with Crippen molar-refractivity contribution in [3.05, 3.63) is 24.9 Å². The van der Waals surface area contributed by atoms with Gasteiger partial charge in [-0.2, -0.15) is 13.2 Å². The lowest BCUT2D eigenvalue weighted by Crippen LogP contribution is -2.13. The van der Waals surface area contributed by atoms with Crippen LogP contribution >= 0.6 is 0 Å². The van der Waals surface area contributed by atoms with Crippen LogP contribution in [0.1, 0.15) is 2.74 Å². The maximum atomic E-state index is 11.6. The fraction of sp³-hybridized carbons (Fsp3) is 0.333. The minimum Gasteiger partial charge on any atom is -0.485 e. The van der Waals surface area contributed by atoms with E-state index in [1.807, 2.05) is 0 Å². The topological polar surface area (TPSA) is 9.23 Å². The molecule has 0 aliphatic rings. The molecule has 58 valence electrons. The Balaban J connectivity index is 3.82. The lowest BCUT2D eigenvalue weighted by Gasteiger charge is -2.09. The number of rotatable bonds is 3. The molecule has 0 N–H and O–H groups in total. The third-order valence-corrected chi connectivity index (χ3v) is 0.657. The molecule has 0 fully saturated rings. The molecule has 0 radical (unpaired) electrons. The minimum atomic E-state index is -4.57. The van der Waals surface area contributed by atoms with E-state index in [9.17, 15) is 13.2 Å². The van der Waals surface area contributed by atoms with Gasteiger partial charge in [0.25, 0.3) is 0 Å². The number of halogens is 3. The van der Waals surface area contributed by atoms with Crippen molar-refractivity contribution < 1.29 is 20.6 Å². The first-order valence-corrected chi connectivity index (χ1v) is 2.36. The molecule has 0 heterocycles. The van der Waals surface area contributed by atoms with Crippen molar-refractivity contribution in [2.75, 3.05) is 6.61 Å². The Labute approximate surface area is 59.6 Å². The monoisotopic (exact) mass is 154 g/mol. The summed E-state index contributed by atoms with van der Waals surface area (Å²) in [6.07, 6.45) is -3.69. The molecule has 0 bridgehead atoms. The summed E-state index contributed by atoms with van der Waals surface area (Å²) in [6.45, 7) is 1.57. The highest BCUT2D eigenvalue weighted by molar-refractivity contribution is 4.92. The van der Waals surface area contributed by atoms with Crippen molar-refractivity contribution in [1.82, 2.24) is 0 Å². The zero-order valence-corrected chi connectivity index (χ0v) is 5.03. The summed E-state index contributed by atoms with van der Waals surface area (Å²) in [4.78, 5) is 0. The van der Waals surface area contributed by atoms with Gasteiger partial charge in [0.2, 0.25) is 0 Å². The van der Waals surface area contributed by atoms with Gasteiger partial charge >= 0.3 is 6.18 Å². The SMILES string of the molecule is [2H]C([2H])=CCOC(=C)C(F)(F)F. The molecule has 0 aromatic carbocycles. The second kappa shape index (κ2) is 3.29. The second-order valence-corrected chi connectivity index (χ2v) is 1.44. The Bertz CT molecular complexity index is 193. The van der Waals surface area contributed by atoms with Crippen molar-refractivity contribution in [1.29, 1.82) is 0 Å². The molecule has 0 rings (SSSR count). The standard InChI is InChI=1S/C6H7F3O/c1-3-4-10-5(2)6(7,8)9/h3H,1-2,4H2/i1D2. The van der Waals surface area contributed by atoms with Gasteiger partial charge in [-0.15, -0.1) is 0 Å². The Hall–Kier alpha value is -0.930. The summed E-state index contributed by atoms with van der Waals surface area (Å²) < 4.78 is 52.0. The van der Waals surface area contributed by atoms with E-state index < -0.39 is 25.1 Å². The number of hydrogen-bond donors (Lipinski definition) is 0. The normalized spacial score (nSPS) is 13.1. The summed E-state index contributed by atoms with van der Waals surface area (Å²) in [6, 6.07) is 0. The Morgan fingerprint density at radius 2 is 2.30 bits per heavy atom. The first kappa shape index (κ1) is 5.82. The molecule has 0 saturated heterocycles. The van der Waals surface area contributed by atoms with E-state index in [1.54, 1.807) is 0 Å². The average Bonchev–Trinajstić information content (AvgIpc) is 1.84. The molecule has 10 heavy (non-hydrogen) atoms. The number of hydrogen-bond acceptors (Lipinski definition) is 1.